The van der Waals surface area contributed by atoms with E-state index in [1.54, 1.807) is 0 Å². The van der Waals surface area contributed by atoms with Crippen LogP contribution in [0.5, 0.6) is 0 Å². The second-order valence-electron chi connectivity index (χ2n) is 4.89. The van der Waals surface area contributed by atoms with E-state index in [1.807, 2.05) is 0 Å². The van der Waals surface area contributed by atoms with Crippen LogP contribution in [-0.2, 0) is 11.2 Å². The van der Waals surface area contributed by atoms with Gasteiger partial charge in [-0.15, -0.1) is 0 Å². The minimum Gasteiger partial charge on any atom is -0.379 e. The Balaban J connectivity index is 1.93. The molecule has 0 aliphatic heterocycles. The molecule has 1 heterocycles. The SMILES string of the molecule is CCCOCC(N)c1noc(Cc2ccc(C)cc2)n1. The highest BCUT2D eigenvalue weighted by molar-refractivity contribution is 5.23. The normalized spacial score (nSPS) is 12.6. The zero-order valence-corrected chi connectivity index (χ0v) is 12.0. The van der Waals surface area contributed by atoms with Crippen molar-refractivity contribution in [1.82, 2.24) is 10.1 Å². The fraction of sp³-hybridized carbons (Fsp3) is 0.467. The minimum absolute atomic E-state index is 0.336. The van der Waals surface area contributed by atoms with E-state index in [0.29, 0.717) is 31.3 Å². The number of rotatable bonds is 7. The lowest BCUT2D eigenvalue weighted by atomic mass is 10.1. The van der Waals surface area contributed by atoms with Crippen LogP contribution in [0.2, 0.25) is 0 Å². The molecule has 0 aliphatic rings. The first-order valence-corrected chi connectivity index (χ1v) is 6.90. The summed E-state index contributed by atoms with van der Waals surface area (Å²) in [7, 11) is 0. The molecule has 0 saturated carbocycles. The number of benzene rings is 1. The molecule has 0 fully saturated rings. The third kappa shape index (κ3) is 4.15. The summed E-state index contributed by atoms with van der Waals surface area (Å²) < 4.78 is 10.6. The molecular formula is C15H21N3O2. The first-order valence-electron chi connectivity index (χ1n) is 6.90. The van der Waals surface area contributed by atoms with Gasteiger partial charge in [-0.2, -0.15) is 4.98 Å². The predicted octanol–water partition coefficient (Wildman–Crippen LogP) is 2.40. The fourth-order valence-corrected chi connectivity index (χ4v) is 1.80. The monoisotopic (exact) mass is 275 g/mol. The molecule has 5 heteroatoms. The first-order chi connectivity index (χ1) is 9.69. The summed E-state index contributed by atoms with van der Waals surface area (Å²) in [6.07, 6.45) is 1.59. The minimum atomic E-state index is -0.336. The van der Waals surface area contributed by atoms with Gasteiger partial charge < -0.3 is 15.0 Å². The van der Waals surface area contributed by atoms with Gasteiger partial charge in [-0.05, 0) is 18.9 Å². The average molecular weight is 275 g/mol. The molecule has 1 unspecified atom stereocenters. The second kappa shape index (κ2) is 7.17. The van der Waals surface area contributed by atoms with Crippen molar-refractivity contribution in [3.8, 4) is 0 Å². The summed E-state index contributed by atoms with van der Waals surface area (Å²) in [6, 6.07) is 7.91. The van der Waals surface area contributed by atoms with Crippen molar-refractivity contribution in [2.24, 2.45) is 5.73 Å². The van der Waals surface area contributed by atoms with Crippen LogP contribution in [0.1, 0.15) is 42.2 Å². The molecule has 20 heavy (non-hydrogen) atoms. The highest BCUT2D eigenvalue weighted by atomic mass is 16.5. The zero-order chi connectivity index (χ0) is 14.4. The molecule has 5 nitrogen and oxygen atoms in total. The largest absolute Gasteiger partial charge is 0.379 e. The number of hydrogen-bond acceptors (Lipinski definition) is 5. The van der Waals surface area contributed by atoms with Crippen LogP contribution >= 0.6 is 0 Å². The Hall–Kier alpha value is -1.72. The van der Waals surface area contributed by atoms with Crippen LogP contribution in [0.3, 0.4) is 0 Å². The smallest absolute Gasteiger partial charge is 0.231 e. The van der Waals surface area contributed by atoms with Crippen LogP contribution in [0, 0.1) is 6.92 Å². The molecule has 0 amide bonds. The van der Waals surface area contributed by atoms with E-state index in [1.165, 1.54) is 5.56 Å². The topological polar surface area (TPSA) is 74.2 Å². The van der Waals surface area contributed by atoms with Gasteiger partial charge >= 0.3 is 0 Å². The van der Waals surface area contributed by atoms with E-state index in [0.717, 1.165) is 12.0 Å². The van der Waals surface area contributed by atoms with Crippen LogP contribution in [-0.4, -0.2) is 23.4 Å². The standard InChI is InChI=1S/C15H21N3O2/c1-3-8-19-10-13(16)15-17-14(20-18-15)9-12-6-4-11(2)5-7-12/h4-7,13H,3,8-10,16H2,1-2H3. The molecule has 0 spiro atoms. The molecule has 0 bridgehead atoms. The first kappa shape index (κ1) is 14.7. The van der Waals surface area contributed by atoms with Crippen molar-refractivity contribution in [3.05, 3.63) is 47.1 Å². The van der Waals surface area contributed by atoms with Crippen molar-refractivity contribution in [2.75, 3.05) is 13.2 Å². The van der Waals surface area contributed by atoms with E-state index in [9.17, 15) is 0 Å². The Labute approximate surface area is 119 Å². The Morgan fingerprint density at radius 2 is 2.05 bits per heavy atom. The lowest BCUT2D eigenvalue weighted by Crippen LogP contribution is -2.18. The van der Waals surface area contributed by atoms with Crippen LogP contribution in [0.4, 0.5) is 0 Å². The summed E-state index contributed by atoms with van der Waals surface area (Å²) in [5, 5.41) is 3.92. The van der Waals surface area contributed by atoms with Crippen molar-refractivity contribution < 1.29 is 9.26 Å². The molecule has 2 rings (SSSR count). The van der Waals surface area contributed by atoms with Gasteiger partial charge in [0.1, 0.15) is 0 Å². The highest BCUT2D eigenvalue weighted by Gasteiger charge is 2.14. The summed E-state index contributed by atoms with van der Waals surface area (Å²) in [5.41, 5.74) is 8.32. The van der Waals surface area contributed by atoms with E-state index >= 15 is 0 Å². The van der Waals surface area contributed by atoms with Crippen LogP contribution in [0.15, 0.2) is 28.8 Å². The molecule has 0 saturated heterocycles. The Bertz CT molecular complexity index is 522. The van der Waals surface area contributed by atoms with E-state index in [-0.39, 0.29) is 6.04 Å². The molecule has 2 N–H and O–H groups in total. The van der Waals surface area contributed by atoms with E-state index in [4.69, 9.17) is 15.0 Å². The Kier molecular flexibility index (Phi) is 5.26. The zero-order valence-electron chi connectivity index (χ0n) is 12.0. The van der Waals surface area contributed by atoms with Gasteiger partial charge in [0.25, 0.3) is 0 Å². The predicted molar refractivity (Wildman–Crippen MR) is 76.3 cm³/mol. The quantitative estimate of drug-likeness (QED) is 0.785. The van der Waals surface area contributed by atoms with E-state index < -0.39 is 0 Å². The number of aryl methyl sites for hydroxylation is 1. The lowest BCUT2D eigenvalue weighted by Gasteiger charge is -2.06. The molecule has 0 aliphatic carbocycles. The molecule has 1 atom stereocenters. The summed E-state index contributed by atoms with van der Waals surface area (Å²) in [5.74, 6) is 1.08. The Morgan fingerprint density at radius 3 is 2.75 bits per heavy atom. The van der Waals surface area contributed by atoms with Crippen molar-refractivity contribution in [3.63, 3.8) is 0 Å². The third-order valence-electron chi connectivity index (χ3n) is 2.94. The molecule has 1 aromatic heterocycles. The number of nitrogens with two attached hydrogens (primary N) is 1. The second-order valence-corrected chi connectivity index (χ2v) is 4.89. The van der Waals surface area contributed by atoms with E-state index in [2.05, 4.69) is 48.3 Å². The van der Waals surface area contributed by atoms with Gasteiger partial charge in [-0.1, -0.05) is 41.9 Å². The Morgan fingerprint density at radius 1 is 1.30 bits per heavy atom. The van der Waals surface area contributed by atoms with Crippen molar-refractivity contribution in [1.29, 1.82) is 0 Å². The molecular weight excluding hydrogens is 254 g/mol. The fourth-order valence-electron chi connectivity index (χ4n) is 1.80. The maximum atomic E-state index is 5.95. The third-order valence-corrected chi connectivity index (χ3v) is 2.94. The number of ether oxygens (including phenoxy) is 1. The average Bonchev–Trinajstić information content (AvgIpc) is 2.90. The molecule has 108 valence electrons. The molecule has 2 aromatic rings. The van der Waals surface area contributed by atoms with Gasteiger partial charge in [0.15, 0.2) is 5.82 Å². The maximum Gasteiger partial charge on any atom is 0.231 e. The van der Waals surface area contributed by atoms with Crippen LogP contribution in [0.25, 0.3) is 0 Å². The lowest BCUT2D eigenvalue weighted by molar-refractivity contribution is 0.119. The summed E-state index contributed by atoms with van der Waals surface area (Å²) in [6.45, 7) is 5.22. The highest BCUT2D eigenvalue weighted by Crippen LogP contribution is 2.12. The van der Waals surface area contributed by atoms with Gasteiger partial charge in [0.2, 0.25) is 5.89 Å². The van der Waals surface area contributed by atoms with Crippen molar-refractivity contribution in [2.45, 2.75) is 32.7 Å². The molecule has 1 aromatic carbocycles. The number of nitrogens with zero attached hydrogens (tertiary/aromatic N) is 2. The van der Waals surface area contributed by atoms with Gasteiger partial charge in [0, 0.05) is 6.61 Å². The van der Waals surface area contributed by atoms with Crippen LogP contribution < -0.4 is 5.73 Å². The van der Waals surface area contributed by atoms with Gasteiger partial charge in [0.05, 0.1) is 19.1 Å². The van der Waals surface area contributed by atoms with Gasteiger partial charge in [-0.3, -0.25) is 0 Å². The van der Waals surface area contributed by atoms with Gasteiger partial charge in [-0.25, -0.2) is 0 Å². The summed E-state index contributed by atoms with van der Waals surface area (Å²) in [4.78, 5) is 4.32. The number of hydrogen-bond donors (Lipinski definition) is 1. The van der Waals surface area contributed by atoms with Crippen molar-refractivity contribution >= 4 is 0 Å². The number of aromatic nitrogens is 2. The molecule has 0 radical (unpaired) electrons. The summed E-state index contributed by atoms with van der Waals surface area (Å²) >= 11 is 0. The maximum absolute atomic E-state index is 5.95.